The maximum Gasteiger partial charge on any atom is 0.269 e. The van der Waals surface area contributed by atoms with Crippen molar-refractivity contribution in [3.8, 4) is 17.2 Å². The zero-order chi connectivity index (χ0) is 24.1. The molecule has 0 saturated carbocycles. The number of methoxy groups -OCH3 is 2. The maximum atomic E-state index is 13.3. The van der Waals surface area contributed by atoms with Crippen molar-refractivity contribution >= 4 is 11.6 Å². The standard InChI is InChI=1S/C26H26N2O6/c1-32-24-15-19-12-13-27(26(29)14-18-6-4-3-5-7-18)23(22(19)16-25(24)33-2)17-34-21-10-8-20(9-11-21)28(30)31/h3-11,15-16,23H,12-14,17H2,1-2H3. The second-order valence-electron chi connectivity index (χ2n) is 7.98. The Morgan fingerprint density at radius 1 is 1.03 bits per heavy atom. The van der Waals surface area contributed by atoms with Crippen LogP contribution in [-0.2, 0) is 17.6 Å². The molecule has 0 bridgehead atoms. The summed E-state index contributed by atoms with van der Waals surface area (Å²) in [5.74, 6) is 1.72. The van der Waals surface area contributed by atoms with Gasteiger partial charge in [0.15, 0.2) is 11.5 Å². The molecule has 4 rings (SSSR count). The lowest BCUT2D eigenvalue weighted by Crippen LogP contribution is -2.43. The van der Waals surface area contributed by atoms with Gasteiger partial charge >= 0.3 is 0 Å². The van der Waals surface area contributed by atoms with Crippen molar-refractivity contribution in [2.45, 2.75) is 18.9 Å². The number of carbonyl (C=O) groups is 1. The van der Waals surface area contributed by atoms with Gasteiger partial charge in [-0.05, 0) is 47.4 Å². The number of fused-ring (bicyclic) bond motifs is 1. The van der Waals surface area contributed by atoms with Gasteiger partial charge in [0.25, 0.3) is 5.69 Å². The number of hydrogen-bond donors (Lipinski definition) is 0. The summed E-state index contributed by atoms with van der Waals surface area (Å²) in [6.07, 6.45) is 0.974. The number of nitro benzene ring substituents is 1. The Labute approximate surface area is 197 Å². The van der Waals surface area contributed by atoms with Crippen LogP contribution in [0.25, 0.3) is 0 Å². The van der Waals surface area contributed by atoms with Crippen LogP contribution in [0.15, 0.2) is 66.7 Å². The smallest absolute Gasteiger partial charge is 0.269 e. The largest absolute Gasteiger partial charge is 0.493 e. The zero-order valence-electron chi connectivity index (χ0n) is 19.1. The topological polar surface area (TPSA) is 91.1 Å². The van der Waals surface area contributed by atoms with E-state index >= 15 is 0 Å². The molecule has 1 unspecified atom stereocenters. The first kappa shape index (κ1) is 23.1. The van der Waals surface area contributed by atoms with Gasteiger partial charge in [-0.15, -0.1) is 0 Å². The summed E-state index contributed by atoms with van der Waals surface area (Å²) in [5.41, 5.74) is 2.94. The Bertz CT molecular complexity index is 1160. The lowest BCUT2D eigenvalue weighted by Gasteiger charge is -2.37. The van der Waals surface area contributed by atoms with E-state index in [9.17, 15) is 14.9 Å². The fourth-order valence-electron chi connectivity index (χ4n) is 4.22. The third-order valence-electron chi connectivity index (χ3n) is 5.98. The van der Waals surface area contributed by atoms with Crippen molar-refractivity contribution in [2.75, 3.05) is 27.4 Å². The summed E-state index contributed by atoms with van der Waals surface area (Å²) in [5, 5.41) is 10.9. The summed E-state index contributed by atoms with van der Waals surface area (Å²) >= 11 is 0. The number of carbonyl (C=O) groups excluding carboxylic acids is 1. The number of nitro groups is 1. The minimum atomic E-state index is -0.454. The van der Waals surface area contributed by atoms with Gasteiger partial charge in [0, 0.05) is 18.7 Å². The van der Waals surface area contributed by atoms with Crippen LogP contribution in [0.4, 0.5) is 5.69 Å². The Hall–Kier alpha value is -4.07. The molecule has 0 radical (unpaired) electrons. The van der Waals surface area contributed by atoms with E-state index < -0.39 is 4.92 Å². The molecule has 3 aromatic rings. The maximum absolute atomic E-state index is 13.3. The van der Waals surface area contributed by atoms with Crippen molar-refractivity contribution in [3.63, 3.8) is 0 Å². The van der Waals surface area contributed by atoms with E-state index in [2.05, 4.69) is 0 Å². The molecule has 8 nitrogen and oxygen atoms in total. The molecule has 0 aliphatic carbocycles. The molecule has 0 spiro atoms. The Morgan fingerprint density at radius 3 is 2.35 bits per heavy atom. The minimum absolute atomic E-state index is 0.00364. The van der Waals surface area contributed by atoms with Crippen LogP contribution < -0.4 is 14.2 Å². The van der Waals surface area contributed by atoms with Gasteiger partial charge in [-0.25, -0.2) is 0 Å². The third-order valence-corrected chi connectivity index (χ3v) is 5.98. The molecule has 0 aromatic heterocycles. The van der Waals surface area contributed by atoms with E-state index in [1.807, 2.05) is 47.4 Å². The van der Waals surface area contributed by atoms with Crippen LogP contribution in [0.5, 0.6) is 17.2 Å². The second-order valence-corrected chi connectivity index (χ2v) is 7.98. The van der Waals surface area contributed by atoms with Crippen molar-refractivity contribution in [1.82, 2.24) is 4.90 Å². The molecule has 0 saturated heterocycles. The van der Waals surface area contributed by atoms with Crippen molar-refractivity contribution in [1.29, 1.82) is 0 Å². The predicted molar refractivity (Wildman–Crippen MR) is 126 cm³/mol. The summed E-state index contributed by atoms with van der Waals surface area (Å²) in [6.45, 7) is 0.739. The molecule has 3 aromatic carbocycles. The lowest BCUT2D eigenvalue weighted by atomic mass is 9.91. The van der Waals surface area contributed by atoms with Gasteiger partial charge in [-0.3, -0.25) is 14.9 Å². The van der Waals surface area contributed by atoms with Gasteiger partial charge < -0.3 is 19.1 Å². The average Bonchev–Trinajstić information content (AvgIpc) is 2.87. The molecule has 0 fully saturated rings. The Kier molecular flexibility index (Phi) is 6.96. The van der Waals surface area contributed by atoms with E-state index in [-0.39, 0.29) is 30.7 Å². The highest BCUT2D eigenvalue weighted by atomic mass is 16.6. The third kappa shape index (κ3) is 4.96. The summed E-state index contributed by atoms with van der Waals surface area (Å²) in [6, 6.07) is 19.1. The van der Waals surface area contributed by atoms with E-state index in [1.54, 1.807) is 26.4 Å². The van der Waals surface area contributed by atoms with E-state index in [0.717, 1.165) is 16.7 Å². The number of rotatable bonds is 8. The van der Waals surface area contributed by atoms with Gasteiger partial charge in [0.2, 0.25) is 5.91 Å². The summed E-state index contributed by atoms with van der Waals surface area (Å²) in [7, 11) is 3.17. The molecule has 1 aliphatic heterocycles. The average molecular weight is 463 g/mol. The quantitative estimate of drug-likeness (QED) is 0.365. The lowest BCUT2D eigenvalue weighted by molar-refractivity contribution is -0.384. The van der Waals surface area contributed by atoms with Crippen LogP contribution in [0.3, 0.4) is 0 Å². The van der Waals surface area contributed by atoms with Gasteiger partial charge in [0.1, 0.15) is 12.4 Å². The zero-order valence-corrected chi connectivity index (χ0v) is 19.1. The monoisotopic (exact) mass is 462 g/mol. The molecule has 1 amide bonds. The molecule has 1 heterocycles. The number of benzene rings is 3. The first-order chi connectivity index (χ1) is 16.5. The van der Waals surface area contributed by atoms with E-state index in [0.29, 0.717) is 30.2 Å². The van der Waals surface area contributed by atoms with Crippen molar-refractivity contribution in [2.24, 2.45) is 0 Å². The molecule has 176 valence electrons. The first-order valence-corrected chi connectivity index (χ1v) is 11.0. The van der Waals surface area contributed by atoms with E-state index in [1.165, 1.54) is 12.1 Å². The molecule has 8 heteroatoms. The number of hydrogen-bond acceptors (Lipinski definition) is 6. The predicted octanol–water partition coefficient (Wildman–Crippen LogP) is 4.36. The number of non-ortho nitro benzene ring substituents is 1. The highest BCUT2D eigenvalue weighted by molar-refractivity contribution is 5.79. The normalized spacial score (nSPS) is 14.8. The molecule has 1 aliphatic rings. The van der Waals surface area contributed by atoms with Gasteiger partial charge in [-0.2, -0.15) is 0 Å². The molecule has 34 heavy (non-hydrogen) atoms. The molecule has 0 N–H and O–H groups in total. The fraction of sp³-hybridized carbons (Fsp3) is 0.269. The number of amides is 1. The van der Waals surface area contributed by atoms with Crippen LogP contribution >= 0.6 is 0 Å². The van der Waals surface area contributed by atoms with Crippen LogP contribution in [-0.4, -0.2) is 43.1 Å². The van der Waals surface area contributed by atoms with Crippen LogP contribution in [0.1, 0.15) is 22.7 Å². The summed E-state index contributed by atoms with van der Waals surface area (Å²) in [4.78, 5) is 25.7. The number of ether oxygens (including phenoxy) is 3. The number of nitrogens with zero attached hydrogens (tertiary/aromatic N) is 2. The molecular formula is C26H26N2O6. The van der Waals surface area contributed by atoms with E-state index in [4.69, 9.17) is 14.2 Å². The highest BCUT2D eigenvalue weighted by Gasteiger charge is 2.32. The van der Waals surface area contributed by atoms with Crippen LogP contribution in [0.2, 0.25) is 0 Å². The first-order valence-electron chi connectivity index (χ1n) is 11.0. The van der Waals surface area contributed by atoms with Crippen molar-refractivity contribution < 1.29 is 23.9 Å². The SMILES string of the molecule is COc1cc2c(cc1OC)C(COc1ccc([N+](=O)[O-])cc1)N(C(=O)Cc1ccccc1)CC2. The Balaban J connectivity index is 1.63. The van der Waals surface area contributed by atoms with Crippen LogP contribution in [0, 0.1) is 10.1 Å². The second kappa shape index (κ2) is 10.2. The minimum Gasteiger partial charge on any atom is -0.493 e. The fourth-order valence-corrected chi connectivity index (χ4v) is 4.22. The van der Waals surface area contributed by atoms with Crippen molar-refractivity contribution in [3.05, 3.63) is 93.5 Å². The summed E-state index contributed by atoms with van der Waals surface area (Å²) < 4.78 is 17.0. The Morgan fingerprint density at radius 2 is 1.71 bits per heavy atom. The molecular weight excluding hydrogens is 436 g/mol. The highest BCUT2D eigenvalue weighted by Crippen LogP contribution is 2.38. The molecule has 1 atom stereocenters. The van der Waals surface area contributed by atoms with Gasteiger partial charge in [0.05, 0.1) is 31.6 Å². The van der Waals surface area contributed by atoms with Gasteiger partial charge in [-0.1, -0.05) is 30.3 Å².